The Bertz CT molecular complexity index is 785. The van der Waals surface area contributed by atoms with Gasteiger partial charge in [-0.1, -0.05) is 16.7 Å². The fourth-order valence-electron chi connectivity index (χ4n) is 3.64. The number of halogens is 1. The average molecular weight is 361 g/mol. The Labute approximate surface area is 151 Å². The molecule has 1 aliphatic heterocycles. The number of anilines is 1. The van der Waals surface area contributed by atoms with Crippen molar-refractivity contribution in [3.63, 3.8) is 0 Å². The van der Waals surface area contributed by atoms with Gasteiger partial charge in [-0.05, 0) is 62.8 Å². The number of nitrogens with one attached hydrogen (secondary N) is 1. The summed E-state index contributed by atoms with van der Waals surface area (Å²) in [5, 5.41) is 11.7. The SMILES string of the molecule is C[C@@H](Nc1nnc(-c2ccc(Cl)cc2)o1)C(=O)N1CC2(CC2)C[C@@H]1C. The van der Waals surface area contributed by atoms with Crippen LogP contribution >= 0.6 is 11.6 Å². The molecule has 2 atom stereocenters. The van der Waals surface area contributed by atoms with Crippen molar-refractivity contribution in [1.82, 2.24) is 15.1 Å². The normalized spacial score (nSPS) is 22.2. The predicted octanol–water partition coefficient (Wildman–Crippen LogP) is 3.59. The van der Waals surface area contributed by atoms with Crippen LogP contribution in [0, 0.1) is 5.41 Å². The molecule has 1 saturated heterocycles. The fraction of sp³-hybridized carbons (Fsp3) is 0.500. The van der Waals surface area contributed by atoms with Gasteiger partial charge in [-0.3, -0.25) is 4.79 Å². The van der Waals surface area contributed by atoms with Crippen LogP contribution in [0.3, 0.4) is 0 Å². The lowest BCUT2D eigenvalue weighted by Gasteiger charge is -2.25. The van der Waals surface area contributed by atoms with Gasteiger partial charge >= 0.3 is 6.01 Å². The minimum atomic E-state index is -0.408. The fourth-order valence-corrected chi connectivity index (χ4v) is 3.77. The first kappa shape index (κ1) is 16.4. The summed E-state index contributed by atoms with van der Waals surface area (Å²) in [4.78, 5) is 14.7. The molecular formula is C18H21ClN4O2. The first-order valence-electron chi connectivity index (χ1n) is 8.62. The first-order valence-corrected chi connectivity index (χ1v) is 9.00. The monoisotopic (exact) mass is 360 g/mol. The standard InChI is InChI=1S/C18H21ClN4O2/c1-11-9-18(7-8-18)10-23(11)16(24)12(2)20-17-22-21-15(25-17)13-3-5-14(19)6-4-13/h3-6,11-12H,7-10H2,1-2H3,(H,20,22)/t11-,12+/m0/s1. The van der Waals surface area contributed by atoms with Gasteiger partial charge in [0, 0.05) is 23.2 Å². The second-order valence-corrected chi connectivity index (χ2v) is 7.74. The van der Waals surface area contributed by atoms with Crippen LogP contribution in [-0.4, -0.2) is 39.6 Å². The van der Waals surface area contributed by atoms with Crippen molar-refractivity contribution < 1.29 is 9.21 Å². The third kappa shape index (κ3) is 3.23. The Balaban J connectivity index is 1.42. The molecule has 2 aromatic rings. The molecule has 1 amide bonds. The number of nitrogens with zero attached hydrogens (tertiary/aromatic N) is 3. The van der Waals surface area contributed by atoms with Crippen LogP contribution in [0.25, 0.3) is 11.5 Å². The Hall–Kier alpha value is -2.08. The van der Waals surface area contributed by atoms with Gasteiger partial charge in [0.1, 0.15) is 6.04 Å². The zero-order valence-corrected chi connectivity index (χ0v) is 15.1. The van der Waals surface area contributed by atoms with E-state index in [1.165, 1.54) is 12.8 Å². The molecule has 132 valence electrons. The van der Waals surface area contributed by atoms with E-state index >= 15 is 0 Å². The maximum atomic E-state index is 12.7. The smallest absolute Gasteiger partial charge is 0.316 e. The number of hydrogen-bond acceptors (Lipinski definition) is 5. The molecule has 2 aliphatic rings. The predicted molar refractivity (Wildman–Crippen MR) is 95.3 cm³/mol. The van der Waals surface area contributed by atoms with Gasteiger partial charge < -0.3 is 14.6 Å². The molecule has 1 spiro atoms. The molecule has 0 bridgehead atoms. The Morgan fingerprint density at radius 3 is 2.72 bits per heavy atom. The molecule has 0 unspecified atom stereocenters. The van der Waals surface area contributed by atoms with Crippen LogP contribution < -0.4 is 5.32 Å². The van der Waals surface area contributed by atoms with Crippen molar-refractivity contribution in [3.05, 3.63) is 29.3 Å². The summed E-state index contributed by atoms with van der Waals surface area (Å²) in [6.07, 6.45) is 3.61. The van der Waals surface area contributed by atoms with Crippen molar-refractivity contribution >= 4 is 23.5 Å². The summed E-state index contributed by atoms with van der Waals surface area (Å²) in [5.41, 5.74) is 1.19. The van der Waals surface area contributed by atoms with Crippen molar-refractivity contribution in [2.75, 3.05) is 11.9 Å². The molecule has 2 heterocycles. The molecule has 4 rings (SSSR count). The minimum absolute atomic E-state index is 0.0857. The molecule has 6 nitrogen and oxygen atoms in total. The lowest BCUT2D eigenvalue weighted by molar-refractivity contribution is -0.132. The van der Waals surface area contributed by atoms with E-state index in [4.69, 9.17) is 16.0 Å². The second kappa shape index (κ2) is 6.02. The molecule has 0 radical (unpaired) electrons. The maximum Gasteiger partial charge on any atom is 0.316 e. The number of carbonyl (C=O) groups excluding carboxylic acids is 1. The highest BCUT2D eigenvalue weighted by Crippen LogP contribution is 2.54. The quantitative estimate of drug-likeness (QED) is 0.902. The molecule has 1 aromatic carbocycles. The number of rotatable bonds is 4. The third-order valence-corrected chi connectivity index (χ3v) is 5.48. The topological polar surface area (TPSA) is 71.3 Å². The summed E-state index contributed by atoms with van der Waals surface area (Å²) < 4.78 is 5.63. The molecule has 25 heavy (non-hydrogen) atoms. The van der Waals surface area contributed by atoms with Crippen molar-refractivity contribution in [2.45, 2.75) is 45.2 Å². The second-order valence-electron chi connectivity index (χ2n) is 7.30. The van der Waals surface area contributed by atoms with E-state index in [1.54, 1.807) is 12.1 Å². The highest BCUT2D eigenvalue weighted by molar-refractivity contribution is 6.30. The van der Waals surface area contributed by atoms with E-state index in [0.29, 0.717) is 22.4 Å². The Morgan fingerprint density at radius 2 is 2.08 bits per heavy atom. The van der Waals surface area contributed by atoms with Crippen LogP contribution in [0.5, 0.6) is 0 Å². The first-order chi connectivity index (χ1) is 12.0. The Morgan fingerprint density at radius 1 is 1.36 bits per heavy atom. The average Bonchev–Trinajstić information content (AvgIpc) is 3.03. The number of benzene rings is 1. The molecular weight excluding hydrogens is 340 g/mol. The summed E-state index contributed by atoms with van der Waals surface area (Å²) in [5.74, 6) is 0.479. The minimum Gasteiger partial charge on any atom is -0.403 e. The zero-order valence-electron chi connectivity index (χ0n) is 14.3. The zero-order chi connectivity index (χ0) is 17.6. The van der Waals surface area contributed by atoms with Gasteiger partial charge in [-0.15, -0.1) is 5.10 Å². The lowest BCUT2D eigenvalue weighted by Crippen LogP contribution is -2.43. The van der Waals surface area contributed by atoms with E-state index < -0.39 is 6.04 Å². The summed E-state index contributed by atoms with van der Waals surface area (Å²) in [6, 6.07) is 7.30. The molecule has 1 aromatic heterocycles. The third-order valence-electron chi connectivity index (χ3n) is 5.23. The molecule has 1 N–H and O–H groups in total. The summed E-state index contributed by atoms with van der Waals surface area (Å²) in [6.45, 7) is 4.83. The largest absolute Gasteiger partial charge is 0.403 e. The van der Waals surface area contributed by atoms with E-state index in [-0.39, 0.29) is 11.9 Å². The number of likely N-dealkylation sites (tertiary alicyclic amines) is 1. The van der Waals surface area contributed by atoms with Gasteiger partial charge in [0.05, 0.1) is 0 Å². The number of carbonyl (C=O) groups is 1. The molecule has 1 aliphatic carbocycles. The highest BCUT2D eigenvalue weighted by atomic mass is 35.5. The van der Waals surface area contributed by atoms with Crippen LogP contribution in [0.2, 0.25) is 5.02 Å². The van der Waals surface area contributed by atoms with Crippen molar-refractivity contribution in [3.8, 4) is 11.5 Å². The maximum absolute atomic E-state index is 12.7. The van der Waals surface area contributed by atoms with Crippen molar-refractivity contribution in [2.24, 2.45) is 5.41 Å². The molecule has 7 heteroatoms. The van der Waals surface area contributed by atoms with Crippen LogP contribution in [0.4, 0.5) is 6.01 Å². The Kier molecular flexibility index (Phi) is 3.95. The number of aromatic nitrogens is 2. The summed E-state index contributed by atoms with van der Waals surface area (Å²) >= 11 is 5.89. The van der Waals surface area contributed by atoms with Gasteiger partial charge in [-0.2, -0.15) is 0 Å². The molecule has 1 saturated carbocycles. The van der Waals surface area contributed by atoms with Crippen LogP contribution in [0.1, 0.15) is 33.1 Å². The van der Waals surface area contributed by atoms with Gasteiger partial charge in [0.2, 0.25) is 11.8 Å². The lowest BCUT2D eigenvalue weighted by atomic mass is 10.0. The number of amides is 1. The van der Waals surface area contributed by atoms with Gasteiger partial charge in [0.25, 0.3) is 0 Å². The number of hydrogen-bond donors (Lipinski definition) is 1. The summed E-state index contributed by atoms with van der Waals surface area (Å²) in [7, 11) is 0. The van der Waals surface area contributed by atoms with Crippen LogP contribution in [-0.2, 0) is 4.79 Å². The van der Waals surface area contributed by atoms with E-state index in [1.807, 2.05) is 24.0 Å². The van der Waals surface area contributed by atoms with Gasteiger partial charge in [-0.25, -0.2) is 0 Å². The highest BCUT2D eigenvalue weighted by Gasteiger charge is 2.52. The molecule has 2 fully saturated rings. The van der Waals surface area contributed by atoms with E-state index in [0.717, 1.165) is 18.5 Å². The van der Waals surface area contributed by atoms with E-state index in [2.05, 4.69) is 22.4 Å². The van der Waals surface area contributed by atoms with Crippen molar-refractivity contribution in [1.29, 1.82) is 0 Å². The van der Waals surface area contributed by atoms with Crippen LogP contribution in [0.15, 0.2) is 28.7 Å². The van der Waals surface area contributed by atoms with E-state index in [9.17, 15) is 4.79 Å². The van der Waals surface area contributed by atoms with Gasteiger partial charge in [0.15, 0.2) is 0 Å².